The van der Waals surface area contributed by atoms with Crippen molar-refractivity contribution in [1.82, 2.24) is 14.2 Å². The number of aliphatic hydroxyl groups is 1. The smallest absolute Gasteiger partial charge is 0.247 e. The van der Waals surface area contributed by atoms with Crippen LogP contribution < -0.4 is 4.74 Å². The normalized spacial score (nSPS) is 20.0. The number of rotatable bonds is 7. The van der Waals surface area contributed by atoms with Crippen molar-refractivity contribution in [3.8, 4) is 17.6 Å². The van der Waals surface area contributed by atoms with Crippen LogP contribution in [0.4, 0.5) is 0 Å². The Labute approximate surface area is 220 Å². The third kappa shape index (κ3) is 7.31. The largest absolute Gasteiger partial charge is 0.487 e. The molecular formula is C28H37N3O5S. The summed E-state index contributed by atoms with van der Waals surface area (Å²) in [6, 6.07) is 7.85. The maximum absolute atomic E-state index is 13.6. The van der Waals surface area contributed by atoms with E-state index in [-0.39, 0.29) is 48.6 Å². The lowest BCUT2D eigenvalue weighted by Gasteiger charge is -2.37. The van der Waals surface area contributed by atoms with Crippen LogP contribution in [0.2, 0.25) is 0 Å². The lowest BCUT2D eigenvalue weighted by Crippen LogP contribution is -2.50. The van der Waals surface area contributed by atoms with E-state index in [1.807, 2.05) is 6.92 Å². The second-order valence-corrected chi connectivity index (χ2v) is 12.0. The number of carbonyl (C=O) groups excluding carboxylic acids is 1. The van der Waals surface area contributed by atoms with Crippen LogP contribution in [-0.2, 0) is 21.2 Å². The molecule has 1 N–H and O–H groups in total. The average molecular weight is 528 g/mol. The molecule has 3 atom stereocenters. The van der Waals surface area contributed by atoms with Gasteiger partial charge in [-0.3, -0.25) is 9.78 Å². The molecule has 2 aromatic rings. The van der Waals surface area contributed by atoms with Crippen molar-refractivity contribution >= 4 is 15.9 Å². The molecule has 0 saturated carbocycles. The molecule has 37 heavy (non-hydrogen) atoms. The summed E-state index contributed by atoms with van der Waals surface area (Å²) in [5, 5.41) is 9.81. The number of fused-ring (bicyclic) bond motifs is 1. The number of sulfonamides is 1. The van der Waals surface area contributed by atoms with E-state index in [1.165, 1.54) is 10.4 Å². The molecule has 2 heterocycles. The molecule has 1 aliphatic rings. The van der Waals surface area contributed by atoms with Crippen LogP contribution in [0.5, 0.6) is 5.75 Å². The van der Waals surface area contributed by atoms with Gasteiger partial charge in [0.2, 0.25) is 15.9 Å². The lowest BCUT2D eigenvalue weighted by atomic mass is 10.0. The monoisotopic (exact) mass is 527 g/mol. The molecule has 0 aliphatic carbocycles. The van der Waals surface area contributed by atoms with Crippen LogP contribution in [-0.4, -0.2) is 72.5 Å². The summed E-state index contributed by atoms with van der Waals surface area (Å²) in [5.41, 5.74) is 1.52. The fourth-order valence-corrected chi connectivity index (χ4v) is 5.89. The number of carbonyl (C=O) groups is 1. The molecule has 1 aromatic heterocycles. The van der Waals surface area contributed by atoms with Crippen LogP contribution in [0, 0.1) is 23.7 Å². The Balaban J connectivity index is 1.95. The number of benzene rings is 1. The number of ether oxygens (including phenoxy) is 1. The summed E-state index contributed by atoms with van der Waals surface area (Å²) < 4.78 is 34.9. The van der Waals surface area contributed by atoms with E-state index in [0.29, 0.717) is 11.5 Å². The number of hydrogen-bond donors (Lipinski definition) is 1. The van der Waals surface area contributed by atoms with Crippen molar-refractivity contribution in [3.05, 3.63) is 53.9 Å². The summed E-state index contributed by atoms with van der Waals surface area (Å²) in [6.07, 6.45) is 3.78. The van der Waals surface area contributed by atoms with Crippen molar-refractivity contribution in [1.29, 1.82) is 0 Å². The summed E-state index contributed by atoms with van der Waals surface area (Å²) in [6.45, 7) is 7.86. The van der Waals surface area contributed by atoms with E-state index in [0.717, 1.165) is 12.0 Å². The molecule has 9 heteroatoms. The maximum atomic E-state index is 13.6. The fraction of sp³-hybridized carbons (Fsp3) is 0.500. The Morgan fingerprint density at radius 1 is 1.24 bits per heavy atom. The minimum atomic E-state index is -3.93. The molecule has 0 radical (unpaired) electrons. The van der Waals surface area contributed by atoms with Gasteiger partial charge in [0.25, 0.3) is 0 Å². The molecule has 0 unspecified atom stereocenters. The van der Waals surface area contributed by atoms with Gasteiger partial charge >= 0.3 is 0 Å². The topological polar surface area (TPSA) is 100 Å². The van der Waals surface area contributed by atoms with Crippen molar-refractivity contribution in [2.24, 2.45) is 11.8 Å². The highest BCUT2D eigenvalue weighted by atomic mass is 32.2. The molecule has 1 amide bonds. The van der Waals surface area contributed by atoms with Crippen LogP contribution >= 0.6 is 0 Å². The van der Waals surface area contributed by atoms with Crippen molar-refractivity contribution in [2.45, 2.75) is 57.6 Å². The van der Waals surface area contributed by atoms with Crippen molar-refractivity contribution in [2.75, 3.05) is 26.7 Å². The fourth-order valence-electron chi connectivity index (χ4n) is 4.06. The van der Waals surface area contributed by atoms with Gasteiger partial charge < -0.3 is 14.7 Å². The first-order chi connectivity index (χ1) is 17.5. The second-order valence-electron chi connectivity index (χ2n) is 10.1. The molecule has 0 bridgehead atoms. The first-order valence-electron chi connectivity index (χ1n) is 12.6. The number of pyridine rings is 1. The van der Waals surface area contributed by atoms with Crippen LogP contribution in [0.25, 0.3) is 0 Å². The van der Waals surface area contributed by atoms with Crippen LogP contribution in [0.3, 0.4) is 0 Å². The van der Waals surface area contributed by atoms with Gasteiger partial charge in [-0.05, 0) is 48.7 Å². The molecule has 1 aliphatic heterocycles. The Hall–Kier alpha value is -2.93. The molecule has 0 saturated heterocycles. The quantitative estimate of drug-likeness (QED) is 0.556. The van der Waals surface area contributed by atoms with E-state index in [1.54, 1.807) is 55.5 Å². The molecule has 0 spiro atoms. The first-order valence-corrected chi connectivity index (χ1v) is 14.0. The predicted molar refractivity (Wildman–Crippen MR) is 142 cm³/mol. The predicted octanol–water partition coefficient (Wildman–Crippen LogP) is 2.95. The van der Waals surface area contributed by atoms with Crippen molar-refractivity contribution < 1.29 is 23.1 Å². The Morgan fingerprint density at radius 2 is 1.95 bits per heavy atom. The number of hydrogen-bond acceptors (Lipinski definition) is 6. The summed E-state index contributed by atoms with van der Waals surface area (Å²) in [5.74, 6) is 6.52. The van der Waals surface area contributed by atoms with Gasteiger partial charge in [0, 0.05) is 49.9 Å². The van der Waals surface area contributed by atoms with Crippen LogP contribution in [0.1, 0.15) is 45.2 Å². The van der Waals surface area contributed by atoms with Crippen LogP contribution in [0.15, 0.2) is 47.6 Å². The van der Waals surface area contributed by atoms with Gasteiger partial charge in [-0.2, -0.15) is 4.31 Å². The Morgan fingerprint density at radius 3 is 2.59 bits per heavy atom. The van der Waals surface area contributed by atoms with Gasteiger partial charge in [-0.1, -0.05) is 32.6 Å². The number of amides is 1. The van der Waals surface area contributed by atoms with E-state index in [2.05, 4.69) is 30.7 Å². The highest BCUT2D eigenvalue weighted by Crippen LogP contribution is 2.34. The molecule has 8 nitrogen and oxygen atoms in total. The van der Waals surface area contributed by atoms with Crippen molar-refractivity contribution in [3.63, 3.8) is 0 Å². The minimum absolute atomic E-state index is 0.0323. The Kier molecular flexibility index (Phi) is 9.71. The lowest BCUT2D eigenvalue weighted by molar-refractivity contribution is -0.130. The minimum Gasteiger partial charge on any atom is -0.487 e. The third-order valence-corrected chi connectivity index (χ3v) is 8.41. The number of aliphatic hydroxyl groups excluding tert-OH is 1. The summed E-state index contributed by atoms with van der Waals surface area (Å²) in [7, 11) is -2.21. The standard InChI is InChI=1S/C28H37N3O5S/c1-20(2)7-6-8-23-9-10-27-25(15-23)36-26(21(3)17-31(22(4)19-32)37(27,34)35)18-30(5)28(33)16-24-11-13-29-14-12-24/h9-15,20-22,26,32H,7,16-19H2,1-5H3/t21-,22-,26-/m1/s1. The molecule has 3 rings (SSSR count). The van der Waals surface area contributed by atoms with Gasteiger partial charge in [0.05, 0.1) is 19.6 Å². The molecule has 0 fully saturated rings. The SMILES string of the molecule is CC(C)CC#Cc1ccc2c(c1)O[C@H](CN(C)C(=O)Cc1ccncc1)[C@H](C)CN([C@H](C)CO)S2(=O)=O. The zero-order valence-corrected chi connectivity index (χ0v) is 23.0. The zero-order valence-electron chi connectivity index (χ0n) is 22.2. The molecule has 1 aromatic carbocycles. The first kappa shape index (κ1) is 28.6. The van der Waals surface area contributed by atoms with Gasteiger partial charge in [0.1, 0.15) is 16.7 Å². The summed E-state index contributed by atoms with van der Waals surface area (Å²) in [4.78, 5) is 18.6. The van der Waals surface area contributed by atoms with E-state index in [9.17, 15) is 18.3 Å². The third-order valence-electron chi connectivity index (χ3n) is 6.39. The van der Waals surface area contributed by atoms with E-state index in [4.69, 9.17) is 4.74 Å². The highest BCUT2D eigenvalue weighted by Gasteiger charge is 2.38. The number of likely N-dealkylation sites (N-methyl/N-ethyl adjacent to an activating group) is 1. The Bertz CT molecular complexity index is 1240. The van der Waals surface area contributed by atoms with Gasteiger partial charge in [-0.15, -0.1) is 0 Å². The van der Waals surface area contributed by atoms with Gasteiger partial charge in [-0.25, -0.2) is 8.42 Å². The number of nitrogens with zero attached hydrogens (tertiary/aromatic N) is 3. The zero-order chi connectivity index (χ0) is 27.2. The number of aromatic nitrogens is 1. The van der Waals surface area contributed by atoms with E-state index >= 15 is 0 Å². The van der Waals surface area contributed by atoms with Gasteiger partial charge in [0.15, 0.2) is 0 Å². The second kappa shape index (κ2) is 12.5. The maximum Gasteiger partial charge on any atom is 0.247 e. The highest BCUT2D eigenvalue weighted by molar-refractivity contribution is 7.89. The molecular weight excluding hydrogens is 490 g/mol. The molecule has 200 valence electrons. The summed E-state index contributed by atoms with van der Waals surface area (Å²) >= 11 is 0. The average Bonchev–Trinajstić information content (AvgIpc) is 2.86. The van der Waals surface area contributed by atoms with E-state index < -0.39 is 22.2 Å².